The summed E-state index contributed by atoms with van der Waals surface area (Å²) in [6, 6.07) is 3.36. The van der Waals surface area contributed by atoms with Crippen LogP contribution in [0.4, 0.5) is 20.4 Å². The Hall–Kier alpha value is -2.48. The lowest BCUT2D eigenvalue weighted by atomic mass is 10.2. The number of nitrogens with one attached hydrogen (secondary N) is 2. The van der Waals surface area contributed by atoms with Crippen molar-refractivity contribution in [3.05, 3.63) is 41.7 Å². The first-order valence-electron chi connectivity index (χ1n) is 5.69. The molecule has 0 bridgehead atoms. The first-order valence-corrected chi connectivity index (χ1v) is 5.69. The number of nitrogens with zero attached hydrogens (tertiary/aromatic N) is 2. The van der Waals surface area contributed by atoms with E-state index >= 15 is 0 Å². The van der Waals surface area contributed by atoms with Crippen molar-refractivity contribution in [3.63, 3.8) is 0 Å². The number of nitrogens with two attached hydrogens (primary N) is 1. The van der Waals surface area contributed by atoms with Gasteiger partial charge in [-0.2, -0.15) is 0 Å². The maximum Gasteiger partial charge on any atom is 0.205 e. The van der Waals surface area contributed by atoms with Crippen molar-refractivity contribution in [3.8, 4) is 5.75 Å². The molecule has 0 aliphatic heterocycles. The minimum atomic E-state index is -0.636. The fourth-order valence-corrected chi connectivity index (χ4v) is 1.64. The summed E-state index contributed by atoms with van der Waals surface area (Å²) in [4.78, 5) is 7.86. The Morgan fingerprint density at radius 1 is 1.25 bits per heavy atom. The molecule has 0 fully saturated rings. The van der Waals surface area contributed by atoms with E-state index in [9.17, 15) is 8.78 Å². The second kappa shape index (κ2) is 6.11. The van der Waals surface area contributed by atoms with Crippen LogP contribution in [0.3, 0.4) is 0 Å². The number of hydrazine groups is 1. The Balaban J connectivity index is 2.18. The maximum absolute atomic E-state index is 13.5. The third-order valence-corrected chi connectivity index (χ3v) is 2.61. The predicted molar refractivity (Wildman–Crippen MR) is 70.1 cm³/mol. The molecule has 8 heteroatoms. The van der Waals surface area contributed by atoms with Crippen LogP contribution >= 0.6 is 0 Å². The summed E-state index contributed by atoms with van der Waals surface area (Å²) in [7, 11) is 1.43. The zero-order valence-electron chi connectivity index (χ0n) is 10.7. The molecule has 1 aromatic heterocycles. The van der Waals surface area contributed by atoms with Crippen molar-refractivity contribution >= 4 is 11.6 Å². The lowest BCUT2D eigenvalue weighted by Gasteiger charge is -2.12. The van der Waals surface area contributed by atoms with Crippen molar-refractivity contribution in [2.45, 2.75) is 6.54 Å². The summed E-state index contributed by atoms with van der Waals surface area (Å²) in [6.07, 6.45) is 1.28. The van der Waals surface area contributed by atoms with E-state index in [0.29, 0.717) is 22.9 Å². The van der Waals surface area contributed by atoms with Crippen LogP contribution in [0, 0.1) is 11.6 Å². The fourth-order valence-electron chi connectivity index (χ4n) is 1.64. The Bertz CT molecular complexity index is 608. The van der Waals surface area contributed by atoms with Gasteiger partial charge in [0.1, 0.15) is 18.0 Å². The number of benzene rings is 1. The first-order chi connectivity index (χ1) is 9.65. The molecule has 0 aliphatic rings. The summed E-state index contributed by atoms with van der Waals surface area (Å²) in [6.45, 7) is 0.115. The molecular weight excluding hydrogens is 268 g/mol. The Labute approximate surface area is 114 Å². The van der Waals surface area contributed by atoms with Crippen LogP contribution in [0.25, 0.3) is 0 Å². The minimum absolute atomic E-state index is 0.115. The van der Waals surface area contributed by atoms with E-state index < -0.39 is 11.6 Å². The molecule has 20 heavy (non-hydrogen) atoms. The smallest absolute Gasteiger partial charge is 0.205 e. The summed E-state index contributed by atoms with van der Waals surface area (Å²) in [5.41, 5.74) is 2.66. The van der Waals surface area contributed by atoms with Gasteiger partial charge in [0.2, 0.25) is 5.75 Å². The highest BCUT2D eigenvalue weighted by Crippen LogP contribution is 2.28. The molecule has 2 aromatic rings. The Morgan fingerprint density at radius 2 is 2.00 bits per heavy atom. The standard InChI is InChI=1S/C12H13F2N5O/c1-20-10-11(17-6-18-12(10)19-15)16-5-7-2-3-8(13)4-9(7)14/h2-4,6H,5,15H2,1H3,(H2,16,17,18,19). The molecule has 1 aromatic carbocycles. The van der Waals surface area contributed by atoms with Gasteiger partial charge in [-0.1, -0.05) is 6.07 Å². The van der Waals surface area contributed by atoms with Crippen LogP contribution in [0.2, 0.25) is 0 Å². The molecule has 4 N–H and O–H groups in total. The van der Waals surface area contributed by atoms with Gasteiger partial charge >= 0.3 is 0 Å². The lowest BCUT2D eigenvalue weighted by Crippen LogP contribution is -2.12. The van der Waals surface area contributed by atoms with E-state index in [2.05, 4.69) is 20.7 Å². The van der Waals surface area contributed by atoms with Gasteiger partial charge in [0.15, 0.2) is 11.6 Å². The fraction of sp³-hybridized carbons (Fsp3) is 0.167. The van der Waals surface area contributed by atoms with E-state index in [-0.39, 0.29) is 6.54 Å². The van der Waals surface area contributed by atoms with Crippen LogP contribution in [0.1, 0.15) is 5.56 Å². The molecule has 0 spiro atoms. The summed E-state index contributed by atoms with van der Waals surface area (Å²) >= 11 is 0. The number of hydrogen-bond acceptors (Lipinski definition) is 6. The average Bonchev–Trinajstić information content (AvgIpc) is 2.45. The molecule has 0 aliphatic carbocycles. The molecule has 0 saturated heterocycles. The van der Waals surface area contributed by atoms with Crippen LogP contribution in [0.15, 0.2) is 24.5 Å². The van der Waals surface area contributed by atoms with Gasteiger partial charge in [-0.3, -0.25) is 0 Å². The van der Waals surface area contributed by atoms with Gasteiger partial charge in [-0.15, -0.1) is 0 Å². The maximum atomic E-state index is 13.5. The SMILES string of the molecule is COc1c(NN)ncnc1NCc1ccc(F)cc1F. The Kier molecular flexibility index (Phi) is 4.26. The molecule has 0 atom stereocenters. The molecule has 106 valence electrons. The van der Waals surface area contributed by atoms with Crippen LogP contribution in [-0.2, 0) is 6.54 Å². The topological polar surface area (TPSA) is 85.1 Å². The van der Waals surface area contributed by atoms with Crippen LogP contribution in [-0.4, -0.2) is 17.1 Å². The van der Waals surface area contributed by atoms with E-state index in [1.54, 1.807) is 0 Å². The number of aromatic nitrogens is 2. The predicted octanol–water partition coefficient (Wildman–Crippen LogP) is 1.66. The normalized spacial score (nSPS) is 10.2. The number of ether oxygens (including phenoxy) is 1. The van der Waals surface area contributed by atoms with E-state index in [4.69, 9.17) is 10.6 Å². The summed E-state index contributed by atoms with van der Waals surface area (Å²) in [5, 5.41) is 2.88. The number of anilines is 2. The van der Waals surface area contributed by atoms with Gasteiger partial charge in [0.25, 0.3) is 0 Å². The largest absolute Gasteiger partial charge is 0.490 e. The number of hydrogen-bond donors (Lipinski definition) is 3. The van der Waals surface area contributed by atoms with Crippen molar-refractivity contribution < 1.29 is 13.5 Å². The van der Waals surface area contributed by atoms with Crippen molar-refractivity contribution in [2.75, 3.05) is 17.9 Å². The van der Waals surface area contributed by atoms with Gasteiger partial charge < -0.3 is 15.5 Å². The average molecular weight is 281 g/mol. The van der Waals surface area contributed by atoms with Gasteiger partial charge in [0, 0.05) is 18.2 Å². The minimum Gasteiger partial charge on any atom is -0.490 e. The highest BCUT2D eigenvalue weighted by Gasteiger charge is 2.12. The summed E-state index contributed by atoms with van der Waals surface area (Å²) in [5.74, 6) is 4.98. The zero-order chi connectivity index (χ0) is 14.5. The second-order valence-electron chi connectivity index (χ2n) is 3.84. The van der Waals surface area contributed by atoms with Gasteiger partial charge in [-0.05, 0) is 6.07 Å². The molecule has 1 heterocycles. The summed E-state index contributed by atoms with van der Waals surface area (Å²) < 4.78 is 31.4. The number of rotatable bonds is 5. The van der Waals surface area contributed by atoms with Crippen LogP contribution in [0.5, 0.6) is 5.75 Å². The van der Waals surface area contributed by atoms with Crippen LogP contribution < -0.4 is 21.3 Å². The van der Waals surface area contributed by atoms with E-state index in [1.165, 1.54) is 25.6 Å². The van der Waals surface area contributed by atoms with Gasteiger partial charge in [0.05, 0.1) is 7.11 Å². The molecular formula is C12H13F2N5O. The second-order valence-corrected chi connectivity index (χ2v) is 3.84. The molecule has 0 saturated carbocycles. The molecule has 2 rings (SSSR count). The van der Waals surface area contributed by atoms with Gasteiger partial charge in [-0.25, -0.2) is 24.6 Å². The number of nitrogen functional groups attached to an aromatic ring is 1. The highest BCUT2D eigenvalue weighted by atomic mass is 19.1. The lowest BCUT2D eigenvalue weighted by molar-refractivity contribution is 0.414. The zero-order valence-corrected chi connectivity index (χ0v) is 10.7. The van der Waals surface area contributed by atoms with E-state index in [1.807, 2.05) is 0 Å². The first kappa shape index (κ1) is 13.9. The van der Waals surface area contributed by atoms with E-state index in [0.717, 1.165) is 6.07 Å². The van der Waals surface area contributed by atoms with Crippen molar-refractivity contribution in [1.82, 2.24) is 9.97 Å². The number of halogens is 2. The Morgan fingerprint density at radius 3 is 2.65 bits per heavy atom. The highest BCUT2D eigenvalue weighted by molar-refractivity contribution is 5.63. The van der Waals surface area contributed by atoms with Crippen molar-refractivity contribution in [1.29, 1.82) is 0 Å². The molecule has 0 amide bonds. The monoisotopic (exact) mass is 281 g/mol. The number of methoxy groups -OCH3 is 1. The third kappa shape index (κ3) is 2.91. The quantitative estimate of drug-likeness (QED) is 0.571. The molecule has 6 nitrogen and oxygen atoms in total. The molecule has 0 unspecified atom stereocenters. The van der Waals surface area contributed by atoms with Crippen molar-refractivity contribution in [2.24, 2.45) is 5.84 Å². The molecule has 0 radical (unpaired) electrons. The third-order valence-electron chi connectivity index (χ3n) is 2.61.